The molecule has 2 heterocycles. The van der Waals surface area contributed by atoms with Gasteiger partial charge in [0.05, 0.1) is 5.69 Å². The normalized spacial score (nSPS) is 17.2. The van der Waals surface area contributed by atoms with E-state index in [-0.39, 0.29) is 11.6 Å². The molecule has 2 N–H and O–H groups in total. The second kappa shape index (κ2) is 5.84. The molecule has 0 spiro atoms. The fraction of sp³-hybridized carbons (Fsp3) is 0.333. The van der Waals surface area contributed by atoms with Gasteiger partial charge in [0.2, 0.25) is 0 Å². The van der Waals surface area contributed by atoms with Crippen LogP contribution in [-0.2, 0) is 10.3 Å². The van der Waals surface area contributed by atoms with Gasteiger partial charge in [-0.3, -0.25) is 9.48 Å². The highest BCUT2D eigenvalue weighted by atomic mass is 19.2. The van der Waals surface area contributed by atoms with Crippen molar-refractivity contribution < 1.29 is 13.6 Å². The van der Waals surface area contributed by atoms with E-state index in [1.165, 1.54) is 12.1 Å². The lowest BCUT2D eigenvalue weighted by molar-refractivity contribution is -0.126. The first-order valence-electron chi connectivity index (χ1n) is 7.10. The molecule has 1 fully saturated rings. The number of hydrogen-bond acceptors (Lipinski definition) is 3. The summed E-state index contributed by atoms with van der Waals surface area (Å²) in [5.74, 6) is -2.43. The molecule has 1 saturated heterocycles. The number of rotatable bonds is 3. The van der Waals surface area contributed by atoms with Crippen LogP contribution in [0.3, 0.4) is 0 Å². The standard InChI is InChI=1S/C15H16F2N4O/c16-11-3-1-4-12(13(11)17)20-14(22)15(5-8-18-9-6-15)21-10-2-7-19-21/h1-4,7,10,18H,5-6,8-9H2,(H,20,22). The maximum atomic E-state index is 13.8. The maximum Gasteiger partial charge on any atom is 0.252 e. The van der Waals surface area contributed by atoms with E-state index in [0.29, 0.717) is 25.9 Å². The summed E-state index contributed by atoms with van der Waals surface area (Å²) >= 11 is 0. The SMILES string of the molecule is O=C(Nc1cccc(F)c1F)C1(n2cccn2)CCNCC1. The molecule has 1 amide bonds. The zero-order valence-electron chi connectivity index (χ0n) is 11.9. The molecule has 0 atom stereocenters. The lowest BCUT2D eigenvalue weighted by Gasteiger charge is -2.36. The van der Waals surface area contributed by atoms with E-state index in [0.717, 1.165) is 6.07 Å². The van der Waals surface area contributed by atoms with Gasteiger partial charge in [0, 0.05) is 12.4 Å². The average Bonchev–Trinajstić information content (AvgIpc) is 3.07. The van der Waals surface area contributed by atoms with Crippen LogP contribution >= 0.6 is 0 Å². The Kier molecular flexibility index (Phi) is 3.89. The molecule has 1 aromatic carbocycles. The first-order valence-corrected chi connectivity index (χ1v) is 7.10. The summed E-state index contributed by atoms with van der Waals surface area (Å²) < 4.78 is 28.7. The summed E-state index contributed by atoms with van der Waals surface area (Å²) in [5, 5.41) is 9.87. The van der Waals surface area contributed by atoms with E-state index in [2.05, 4.69) is 15.7 Å². The van der Waals surface area contributed by atoms with Crippen molar-refractivity contribution in [3.8, 4) is 0 Å². The Bertz CT molecular complexity index is 666. The fourth-order valence-corrected chi connectivity index (χ4v) is 2.76. The van der Waals surface area contributed by atoms with E-state index < -0.39 is 17.2 Å². The van der Waals surface area contributed by atoms with Crippen LogP contribution < -0.4 is 10.6 Å². The quantitative estimate of drug-likeness (QED) is 0.910. The third-order valence-corrected chi connectivity index (χ3v) is 4.00. The molecule has 0 aliphatic carbocycles. The lowest BCUT2D eigenvalue weighted by atomic mass is 9.87. The zero-order valence-corrected chi connectivity index (χ0v) is 11.9. The van der Waals surface area contributed by atoms with Gasteiger partial charge in [0.1, 0.15) is 5.54 Å². The van der Waals surface area contributed by atoms with Gasteiger partial charge < -0.3 is 10.6 Å². The largest absolute Gasteiger partial charge is 0.321 e. The first-order chi connectivity index (χ1) is 10.6. The number of halogens is 2. The molecule has 0 radical (unpaired) electrons. The van der Waals surface area contributed by atoms with Crippen LogP contribution in [0.2, 0.25) is 0 Å². The van der Waals surface area contributed by atoms with Crippen molar-refractivity contribution in [1.82, 2.24) is 15.1 Å². The second-order valence-corrected chi connectivity index (χ2v) is 5.29. The number of piperidine rings is 1. The van der Waals surface area contributed by atoms with Crippen molar-refractivity contribution in [2.75, 3.05) is 18.4 Å². The minimum atomic E-state index is -1.06. The molecule has 116 valence electrons. The molecule has 0 unspecified atom stereocenters. The van der Waals surface area contributed by atoms with Crippen LogP contribution in [0.4, 0.5) is 14.5 Å². The average molecular weight is 306 g/mol. The number of nitrogens with zero attached hydrogens (tertiary/aromatic N) is 2. The molecule has 5 nitrogen and oxygen atoms in total. The monoisotopic (exact) mass is 306 g/mol. The number of anilines is 1. The summed E-state index contributed by atoms with van der Waals surface area (Å²) in [7, 11) is 0. The third kappa shape index (κ3) is 2.48. The van der Waals surface area contributed by atoms with Crippen LogP contribution in [0.25, 0.3) is 0 Å². The number of carbonyl (C=O) groups excluding carboxylic acids is 1. The van der Waals surface area contributed by atoms with Gasteiger partial charge in [-0.2, -0.15) is 5.10 Å². The molecule has 0 saturated carbocycles. The Balaban J connectivity index is 1.92. The molecule has 1 aliphatic rings. The highest BCUT2D eigenvalue weighted by molar-refractivity contribution is 5.96. The van der Waals surface area contributed by atoms with Crippen LogP contribution in [0.1, 0.15) is 12.8 Å². The Hall–Kier alpha value is -2.28. The predicted octanol–water partition coefficient (Wildman–Crippen LogP) is 1.88. The second-order valence-electron chi connectivity index (χ2n) is 5.29. The van der Waals surface area contributed by atoms with Crippen molar-refractivity contribution in [2.24, 2.45) is 0 Å². The van der Waals surface area contributed by atoms with E-state index in [1.54, 1.807) is 23.1 Å². The number of benzene rings is 1. The molecule has 1 aliphatic heterocycles. The van der Waals surface area contributed by atoms with Gasteiger partial charge in [-0.1, -0.05) is 6.07 Å². The van der Waals surface area contributed by atoms with Crippen LogP contribution in [0.5, 0.6) is 0 Å². The molecule has 3 rings (SSSR count). The van der Waals surface area contributed by atoms with Crippen molar-refractivity contribution in [1.29, 1.82) is 0 Å². The molecular weight excluding hydrogens is 290 g/mol. The number of aromatic nitrogens is 2. The van der Waals surface area contributed by atoms with Gasteiger partial charge in [0.25, 0.3) is 5.91 Å². The molecule has 2 aromatic rings. The lowest BCUT2D eigenvalue weighted by Crippen LogP contribution is -2.52. The number of carbonyl (C=O) groups is 1. The van der Waals surface area contributed by atoms with Gasteiger partial charge in [-0.15, -0.1) is 0 Å². The fourth-order valence-electron chi connectivity index (χ4n) is 2.76. The van der Waals surface area contributed by atoms with E-state index >= 15 is 0 Å². The Labute approximate surface area is 126 Å². The van der Waals surface area contributed by atoms with E-state index in [9.17, 15) is 13.6 Å². The predicted molar refractivity (Wildman–Crippen MR) is 77.3 cm³/mol. The molecule has 0 bridgehead atoms. The van der Waals surface area contributed by atoms with Crippen molar-refractivity contribution in [2.45, 2.75) is 18.4 Å². The Morgan fingerprint density at radius 2 is 2.05 bits per heavy atom. The van der Waals surface area contributed by atoms with Crippen molar-refractivity contribution in [3.63, 3.8) is 0 Å². The Morgan fingerprint density at radius 1 is 1.27 bits per heavy atom. The minimum absolute atomic E-state index is 0.157. The van der Waals surface area contributed by atoms with E-state index in [4.69, 9.17) is 0 Å². The molecule has 7 heteroatoms. The van der Waals surface area contributed by atoms with Gasteiger partial charge >= 0.3 is 0 Å². The smallest absolute Gasteiger partial charge is 0.252 e. The molecular formula is C15H16F2N4O. The van der Waals surface area contributed by atoms with E-state index in [1.807, 2.05) is 0 Å². The zero-order chi connectivity index (χ0) is 15.6. The van der Waals surface area contributed by atoms with Crippen LogP contribution in [0, 0.1) is 11.6 Å². The number of hydrogen-bond donors (Lipinski definition) is 2. The highest BCUT2D eigenvalue weighted by Gasteiger charge is 2.42. The first kappa shape index (κ1) is 14.6. The summed E-state index contributed by atoms with van der Waals surface area (Å²) in [4.78, 5) is 12.8. The molecule has 1 aromatic heterocycles. The van der Waals surface area contributed by atoms with Gasteiger partial charge in [0.15, 0.2) is 11.6 Å². The topological polar surface area (TPSA) is 59.0 Å². The number of amides is 1. The molecule has 22 heavy (non-hydrogen) atoms. The summed E-state index contributed by atoms with van der Waals surface area (Å²) in [6, 6.07) is 5.45. The number of nitrogens with one attached hydrogen (secondary N) is 2. The highest BCUT2D eigenvalue weighted by Crippen LogP contribution is 2.29. The maximum absolute atomic E-state index is 13.8. The Morgan fingerprint density at radius 3 is 2.73 bits per heavy atom. The third-order valence-electron chi connectivity index (χ3n) is 4.00. The van der Waals surface area contributed by atoms with Gasteiger partial charge in [-0.05, 0) is 44.1 Å². The van der Waals surface area contributed by atoms with Crippen LogP contribution in [-0.4, -0.2) is 28.8 Å². The summed E-state index contributed by atoms with van der Waals surface area (Å²) in [5.41, 5.74) is -1.05. The van der Waals surface area contributed by atoms with Crippen molar-refractivity contribution >= 4 is 11.6 Å². The summed E-state index contributed by atoms with van der Waals surface area (Å²) in [6.45, 7) is 1.30. The summed E-state index contributed by atoms with van der Waals surface area (Å²) in [6.07, 6.45) is 4.36. The van der Waals surface area contributed by atoms with Crippen LogP contribution in [0.15, 0.2) is 36.7 Å². The van der Waals surface area contributed by atoms with Gasteiger partial charge in [-0.25, -0.2) is 8.78 Å². The van der Waals surface area contributed by atoms with Crippen molar-refractivity contribution in [3.05, 3.63) is 48.3 Å². The minimum Gasteiger partial charge on any atom is -0.321 e.